The predicted molar refractivity (Wildman–Crippen MR) is 53.2 cm³/mol. The Balaban J connectivity index is 2.32. The summed E-state index contributed by atoms with van der Waals surface area (Å²) in [6, 6.07) is 0. The third-order valence-corrected chi connectivity index (χ3v) is 3.88. The van der Waals surface area contributed by atoms with Gasteiger partial charge in [0, 0.05) is 9.65 Å². The molecule has 1 saturated carbocycles. The summed E-state index contributed by atoms with van der Waals surface area (Å²) in [7, 11) is 0. The van der Waals surface area contributed by atoms with Crippen molar-refractivity contribution in [2.75, 3.05) is 5.33 Å². The molecule has 0 aromatic rings. The Labute approximate surface area is 80.0 Å². The lowest BCUT2D eigenvalue weighted by atomic mass is 9.87. The molecule has 2 heteroatoms. The van der Waals surface area contributed by atoms with Gasteiger partial charge in [0.2, 0.25) is 0 Å². The lowest BCUT2D eigenvalue weighted by Crippen LogP contribution is -2.24. The van der Waals surface area contributed by atoms with Gasteiger partial charge in [-0.15, -0.1) is 0 Å². The number of hydrogen-bond acceptors (Lipinski definition) is 0. The van der Waals surface area contributed by atoms with Gasteiger partial charge in [0.05, 0.1) is 0 Å². The normalized spacial score (nSPS) is 24.6. The molecule has 0 spiro atoms. The zero-order valence-electron chi connectivity index (χ0n) is 6.21. The Morgan fingerprint density at radius 2 is 1.70 bits per heavy atom. The van der Waals surface area contributed by atoms with Gasteiger partial charge in [0.15, 0.2) is 0 Å². The zero-order chi connectivity index (χ0) is 7.45. The van der Waals surface area contributed by atoms with Gasteiger partial charge in [-0.25, -0.2) is 0 Å². The summed E-state index contributed by atoms with van der Waals surface area (Å²) in [4.78, 5) is 0. The molecule has 0 amide bonds. The lowest BCUT2D eigenvalue weighted by Gasteiger charge is -2.30. The highest BCUT2D eigenvalue weighted by atomic mass is 79.9. The second kappa shape index (κ2) is 4.10. The molecule has 0 aromatic heterocycles. The minimum atomic E-state index is 0.495. The van der Waals surface area contributed by atoms with E-state index in [2.05, 4.69) is 31.9 Å². The Hall–Kier alpha value is 0.960. The molecule has 1 aliphatic carbocycles. The Morgan fingerprint density at radius 1 is 1.10 bits per heavy atom. The second-order valence-electron chi connectivity index (χ2n) is 3.15. The third kappa shape index (κ3) is 2.54. The van der Waals surface area contributed by atoms with Gasteiger partial charge in [-0.05, 0) is 19.3 Å². The van der Waals surface area contributed by atoms with Crippen molar-refractivity contribution in [2.45, 2.75) is 42.8 Å². The van der Waals surface area contributed by atoms with Crippen molar-refractivity contribution >= 4 is 31.9 Å². The highest BCUT2D eigenvalue weighted by Crippen LogP contribution is 2.38. The average Bonchev–Trinajstić information content (AvgIpc) is 1.89. The van der Waals surface area contributed by atoms with E-state index in [1.54, 1.807) is 0 Å². The first kappa shape index (κ1) is 9.05. The summed E-state index contributed by atoms with van der Waals surface area (Å²) < 4.78 is 0.495. The summed E-state index contributed by atoms with van der Waals surface area (Å²) >= 11 is 7.32. The van der Waals surface area contributed by atoms with E-state index in [1.165, 1.54) is 38.5 Å². The molecule has 0 aromatic carbocycles. The Kier molecular flexibility index (Phi) is 3.71. The van der Waals surface area contributed by atoms with Crippen molar-refractivity contribution in [1.29, 1.82) is 0 Å². The molecule has 1 rings (SSSR count). The molecule has 60 valence electrons. The van der Waals surface area contributed by atoms with Crippen molar-refractivity contribution in [3.05, 3.63) is 0 Å². The second-order valence-corrected chi connectivity index (χ2v) is 5.63. The van der Waals surface area contributed by atoms with Crippen LogP contribution < -0.4 is 0 Å². The minimum Gasteiger partial charge on any atom is -0.0928 e. The van der Waals surface area contributed by atoms with Crippen LogP contribution in [0.5, 0.6) is 0 Å². The van der Waals surface area contributed by atoms with Crippen LogP contribution in [-0.4, -0.2) is 9.65 Å². The van der Waals surface area contributed by atoms with Crippen LogP contribution in [0.15, 0.2) is 0 Å². The van der Waals surface area contributed by atoms with Crippen molar-refractivity contribution < 1.29 is 0 Å². The monoisotopic (exact) mass is 268 g/mol. The van der Waals surface area contributed by atoms with Gasteiger partial charge in [0.25, 0.3) is 0 Å². The van der Waals surface area contributed by atoms with Crippen molar-refractivity contribution in [2.24, 2.45) is 0 Å². The minimum absolute atomic E-state index is 0.495. The van der Waals surface area contributed by atoms with Gasteiger partial charge in [0.1, 0.15) is 0 Å². The number of hydrogen-bond donors (Lipinski definition) is 0. The van der Waals surface area contributed by atoms with Gasteiger partial charge in [-0.1, -0.05) is 51.1 Å². The van der Waals surface area contributed by atoms with E-state index in [1.807, 2.05) is 0 Å². The van der Waals surface area contributed by atoms with E-state index in [0.29, 0.717) is 4.32 Å². The first-order valence-electron chi connectivity index (χ1n) is 4.02. The van der Waals surface area contributed by atoms with Gasteiger partial charge in [-0.3, -0.25) is 0 Å². The zero-order valence-corrected chi connectivity index (χ0v) is 9.38. The van der Waals surface area contributed by atoms with E-state index in [4.69, 9.17) is 0 Å². The summed E-state index contributed by atoms with van der Waals surface area (Å²) in [5, 5.41) is 1.14. The maximum atomic E-state index is 3.83. The van der Waals surface area contributed by atoms with E-state index in [9.17, 15) is 0 Å². The summed E-state index contributed by atoms with van der Waals surface area (Å²) in [5.74, 6) is 0. The maximum Gasteiger partial charge on any atom is 0.0266 e. The molecule has 0 heterocycles. The molecule has 0 nitrogen and oxygen atoms in total. The molecule has 0 atom stereocenters. The maximum absolute atomic E-state index is 3.83. The van der Waals surface area contributed by atoms with Crippen LogP contribution in [0.1, 0.15) is 38.5 Å². The fourth-order valence-corrected chi connectivity index (χ4v) is 3.65. The van der Waals surface area contributed by atoms with Crippen molar-refractivity contribution in [3.63, 3.8) is 0 Å². The SMILES string of the molecule is BrCCC1(Br)CCCCC1. The standard InChI is InChI=1S/C8H14Br2/c9-7-6-8(10)4-2-1-3-5-8/h1-7H2. The van der Waals surface area contributed by atoms with Gasteiger partial charge >= 0.3 is 0 Å². The summed E-state index contributed by atoms with van der Waals surface area (Å²) in [6.45, 7) is 0. The first-order valence-corrected chi connectivity index (χ1v) is 5.93. The fourth-order valence-electron chi connectivity index (χ4n) is 1.60. The molecule has 1 fully saturated rings. The average molecular weight is 270 g/mol. The molecule has 10 heavy (non-hydrogen) atoms. The van der Waals surface area contributed by atoms with Gasteiger partial charge < -0.3 is 0 Å². The molecular formula is C8H14Br2. The van der Waals surface area contributed by atoms with Crippen LogP contribution in [0.25, 0.3) is 0 Å². The summed E-state index contributed by atoms with van der Waals surface area (Å²) in [5.41, 5.74) is 0. The Morgan fingerprint density at radius 3 is 2.20 bits per heavy atom. The molecule has 0 unspecified atom stereocenters. The van der Waals surface area contributed by atoms with Crippen LogP contribution >= 0.6 is 31.9 Å². The number of rotatable bonds is 2. The van der Waals surface area contributed by atoms with Crippen molar-refractivity contribution in [3.8, 4) is 0 Å². The lowest BCUT2D eigenvalue weighted by molar-refractivity contribution is 0.399. The molecule has 0 radical (unpaired) electrons. The topological polar surface area (TPSA) is 0 Å². The van der Waals surface area contributed by atoms with Crippen LogP contribution in [0, 0.1) is 0 Å². The number of alkyl halides is 2. The van der Waals surface area contributed by atoms with Crippen LogP contribution in [0.3, 0.4) is 0 Å². The van der Waals surface area contributed by atoms with Crippen LogP contribution in [0.2, 0.25) is 0 Å². The first-order chi connectivity index (χ1) is 4.77. The van der Waals surface area contributed by atoms with Crippen LogP contribution in [0.4, 0.5) is 0 Å². The molecule has 0 saturated heterocycles. The molecular weight excluding hydrogens is 256 g/mol. The predicted octanol–water partition coefficient (Wildman–Crippen LogP) is 3.87. The van der Waals surface area contributed by atoms with E-state index in [0.717, 1.165) is 5.33 Å². The smallest absolute Gasteiger partial charge is 0.0266 e. The highest BCUT2D eigenvalue weighted by molar-refractivity contribution is 9.10. The Bertz CT molecular complexity index is 89.9. The highest BCUT2D eigenvalue weighted by Gasteiger charge is 2.27. The van der Waals surface area contributed by atoms with E-state index < -0.39 is 0 Å². The summed E-state index contributed by atoms with van der Waals surface area (Å²) in [6.07, 6.45) is 8.30. The van der Waals surface area contributed by atoms with E-state index >= 15 is 0 Å². The molecule has 0 aliphatic heterocycles. The third-order valence-electron chi connectivity index (χ3n) is 2.29. The van der Waals surface area contributed by atoms with Crippen molar-refractivity contribution in [1.82, 2.24) is 0 Å². The molecule has 1 aliphatic rings. The fraction of sp³-hybridized carbons (Fsp3) is 1.00. The largest absolute Gasteiger partial charge is 0.0928 e. The quantitative estimate of drug-likeness (QED) is 0.668. The molecule has 0 bridgehead atoms. The van der Waals surface area contributed by atoms with Gasteiger partial charge in [-0.2, -0.15) is 0 Å². The number of halogens is 2. The van der Waals surface area contributed by atoms with Crippen LogP contribution in [-0.2, 0) is 0 Å². The van der Waals surface area contributed by atoms with E-state index in [-0.39, 0.29) is 0 Å². The molecule has 0 N–H and O–H groups in total.